The molecule has 1 amide bonds. The Labute approximate surface area is 144 Å². The number of carbonyl (C=O) groups is 1. The summed E-state index contributed by atoms with van der Waals surface area (Å²) in [7, 11) is 0. The standard InChI is InChI=1S/C19H15N3O3/c1-13(23)20-15-8-5-14(6-9-15)7-10-16-11-12-17-18(21-16)3-2-4-19(17)22(24)25/h2-12H,1H3,(H,20,23)/b10-7+. The van der Waals surface area contributed by atoms with Gasteiger partial charge in [0.25, 0.3) is 5.69 Å². The lowest BCUT2D eigenvalue weighted by Gasteiger charge is -2.02. The van der Waals surface area contributed by atoms with Gasteiger partial charge >= 0.3 is 0 Å². The molecule has 0 unspecified atom stereocenters. The second-order valence-electron chi connectivity index (χ2n) is 5.47. The van der Waals surface area contributed by atoms with Crippen LogP contribution >= 0.6 is 0 Å². The molecule has 0 atom stereocenters. The summed E-state index contributed by atoms with van der Waals surface area (Å²) >= 11 is 0. The van der Waals surface area contributed by atoms with Crippen molar-refractivity contribution in [3.63, 3.8) is 0 Å². The lowest BCUT2D eigenvalue weighted by molar-refractivity contribution is -0.383. The fourth-order valence-corrected chi connectivity index (χ4v) is 2.47. The molecule has 0 fully saturated rings. The Hall–Kier alpha value is -3.54. The highest BCUT2D eigenvalue weighted by Gasteiger charge is 2.11. The van der Waals surface area contributed by atoms with Gasteiger partial charge in [0.05, 0.1) is 21.5 Å². The van der Waals surface area contributed by atoms with Gasteiger partial charge in [-0.25, -0.2) is 4.98 Å². The maximum Gasteiger partial charge on any atom is 0.278 e. The number of rotatable bonds is 4. The third kappa shape index (κ3) is 3.87. The topological polar surface area (TPSA) is 85.1 Å². The van der Waals surface area contributed by atoms with Crippen molar-refractivity contribution >= 4 is 40.3 Å². The molecule has 0 aliphatic heterocycles. The van der Waals surface area contributed by atoms with Crippen LogP contribution in [0, 0.1) is 10.1 Å². The van der Waals surface area contributed by atoms with Crippen LogP contribution in [0.5, 0.6) is 0 Å². The number of pyridine rings is 1. The quantitative estimate of drug-likeness (QED) is 0.570. The number of anilines is 1. The highest BCUT2D eigenvalue weighted by molar-refractivity contribution is 5.89. The van der Waals surface area contributed by atoms with Gasteiger partial charge in [0.2, 0.25) is 5.91 Å². The molecule has 3 rings (SSSR count). The predicted octanol–water partition coefficient (Wildman–Crippen LogP) is 4.27. The van der Waals surface area contributed by atoms with E-state index in [-0.39, 0.29) is 11.6 Å². The van der Waals surface area contributed by atoms with Gasteiger partial charge in [-0.05, 0) is 42.0 Å². The van der Waals surface area contributed by atoms with Crippen LogP contribution in [-0.4, -0.2) is 15.8 Å². The molecule has 0 radical (unpaired) electrons. The molecule has 1 heterocycles. The van der Waals surface area contributed by atoms with E-state index in [4.69, 9.17) is 0 Å². The number of hydrogen-bond acceptors (Lipinski definition) is 4. The van der Waals surface area contributed by atoms with Crippen LogP contribution < -0.4 is 5.32 Å². The molecule has 6 heteroatoms. The Balaban J connectivity index is 1.84. The summed E-state index contributed by atoms with van der Waals surface area (Å²) in [4.78, 5) is 26.1. The lowest BCUT2D eigenvalue weighted by atomic mass is 10.1. The molecule has 1 aromatic heterocycles. The van der Waals surface area contributed by atoms with Crippen LogP contribution in [0.25, 0.3) is 23.1 Å². The Morgan fingerprint density at radius 1 is 1.08 bits per heavy atom. The van der Waals surface area contributed by atoms with Crippen LogP contribution in [0.2, 0.25) is 0 Å². The van der Waals surface area contributed by atoms with E-state index in [9.17, 15) is 14.9 Å². The summed E-state index contributed by atoms with van der Waals surface area (Å²) in [5.41, 5.74) is 3.03. The van der Waals surface area contributed by atoms with Crippen LogP contribution in [0.15, 0.2) is 54.6 Å². The average Bonchev–Trinajstić information content (AvgIpc) is 2.59. The third-order valence-corrected chi connectivity index (χ3v) is 3.60. The number of fused-ring (bicyclic) bond motifs is 1. The summed E-state index contributed by atoms with van der Waals surface area (Å²) in [5, 5.41) is 14.3. The zero-order valence-corrected chi connectivity index (χ0v) is 13.5. The molecule has 3 aromatic rings. The molecule has 0 aliphatic carbocycles. The van der Waals surface area contributed by atoms with Crippen LogP contribution in [0.4, 0.5) is 11.4 Å². The summed E-state index contributed by atoms with van der Waals surface area (Å²) < 4.78 is 0. The molecular weight excluding hydrogens is 318 g/mol. The number of nitro benzene ring substituents is 1. The number of aromatic nitrogens is 1. The number of hydrogen-bond donors (Lipinski definition) is 1. The number of nitrogens with zero attached hydrogens (tertiary/aromatic N) is 2. The van der Waals surface area contributed by atoms with Crippen LogP contribution in [0.3, 0.4) is 0 Å². The Kier molecular flexibility index (Phi) is 4.52. The van der Waals surface area contributed by atoms with E-state index < -0.39 is 4.92 Å². The van der Waals surface area contributed by atoms with Crippen LogP contribution in [-0.2, 0) is 4.79 Å². The molecule has 0 saturated carbocycles. The lowest BCUT2D eigenvalue weighted by Crippen LogP contribution is -2.05. The van der Waals surface area contributed by atoms with Crippen molar-refractivity contribution in [1.82, 2.24) is 4.98 Å². The number of nitrogens with one attached hydrogen (secondary N) is 1. The van der Waals surface area contributed by atoms with Crippen molar-refractivity contribution in [3.8, 4) is 0 Å². The molecule has 0 bridgehead atoms. The van der Waals surface area contributed by atoms with Gasteiger partial charge in [0, 0.05) is 18.7 Å². The van der Waals surface area contributed by atoms with Crippen molar-refractivity contribution < 1.29 is 9.72 Å². The van der Waals surface area contributed by atoms with Gasteiger partial charge in [-0.2, -0.15) is 0 Å². The number of non-ortho nitro benzene ring substituents is 1. The maximum atomic E-state index is 11.0. The minimum atomic E-state index is -0.407. The van der Waals surface area contributed by atoms with Gasteiger partial charge in [-0.15, -0.1) is 0 Å². The molecule has 6 nitrogen and oxygen atoms in total. The summed E-state index contributed by atoms with van der Waals surface area (Å²) in [6.07, 6.45) is 3.73. The molecule has 0 aliphatic rings. The molecule has 0 saturated heterocycles. The first kappa shape index (κ1) is 16.3. The van der Waals surface area contributed by atoms with E-state index >= 15 is 0 Å². The summed E-state index contributed by atoms with van der Waals surface area (Å²) in [6.45, 7) is 1.46. The maximum absolute atomic E-state index is 11.0. The van der Waals surface area contributed by atoms with Gasteiger partial charge in [0.1, 0.15) is 0 Å². The van der Waals surface area contributed by atoms with Crippen molar-refractivity contribution in [1.29, 1.82) is 0 Å². The summed E-state index contributed by atoms with van der Waals surface area (Å²) in [5.74, 6) is -0.113. The Morgan fingerprint density at radius 3 is 2.52 bits per heavy atom. The van der Waals surface area contributed by atoms with Crippen LogP contribution in [0.1, 0.15) is 18.2 Å². The van der Waals surface area contributed by atoms with E-state index in [1.165, 1.54) is 13.0 Å². The van der Waals surface area contributed by atoms with Crippen molar-refractivity contribution in [2.45, 2.75) is 6.92 Å². The molecular formula is C19H15N3O3. The molecule has 124 valence electrons. The largest absolute Gasteiger partial charge is 0.326 e. The fraction of sp³-hybridized carbons (Fsp3) is 0.0526. The first-order valence-electron chi connectivity index (χ1n) is 7.63. The van der Waals surface area contributed by atoms with E-state index in [1.54, 1.807) is 24.3 Å². The van der Waals surface area contributed by atoms with Crippen molar-refractivity contribution in [3.05, 3.63) is 76.0 Å². The van der Waals surface area contributed by atoms with E-state index in [0.717, 1.165) is 11.3 Å². The fourth-order valence-electron chi connectivity index (χ4n) is 2.47. The Bertz CT molecular complexity index is 979. The second-order valence-corrected chi connectivity index (χ2v) is 5.47. The van der Waals surface area contributed by atoms with Gasteiger partial charge < -0.3 is 5.32 Å². The number of nitro groups is 1. The summed E-state index contributed by atoms with van der Waals surface area (Å²) in [6, 6.07) is 15.7. The van der Waals surface area contributed by atoms with E-state index in [1.807, 2.05) is 36.4 Å². The first-order chi connectivity index (χ1) is 12.0. The highest BCUT2D eigenvalue weighted by atomic mass is 16.6. The molecule has 1 N–H and O–H groups in total. The number of carbonyl (C=O) groups excluding carboxylic acids is 1. The normalized spacial score (nSPS) is 10.9. The minimum absolute atomic E-state index is 0.0501. The van der Waals surface area contributed by atoms with Crippen molar-refractivity contribution in [2.75, 3.05) is 5.32 Å². The number of amides is 1. The first-order valence-corrected chi connectivity index (χ1v) is 7.63. The molecule has 0 spiro atoms. The van der Waals surface area contributed by atoms with Crippen molar-refractivity contribution in [2.24, 2.45) is 0 Å². The minimum Gasteiger partial charge on any atom is -0.326 e. The van der Waals surface area contributed by atoms with Gasteiger partial charge in [-0.1, -0.05) is 24.3 Å². The zero-order chi connectivity index (χ0) is 17.8. The molecule has 2 aromatic carbocycles. The van der Waals surface area contributed by atoms with E-state index in [0.29, 0.717) is 16.6 Å². The van der Waals surface area contributed by atoms with Gasteiger partial charge in [-0.3, -0.25) is 14.9 Å². The zero-order valence-electron chi connectivity index (χ0n) is 13.5. The van der Waals surface area contributed by atoms with E-state index in [2.05, 4.69) is 10.3 Å². The number of benzene rings is 2. The predicted molar refractivity (Wildman–Crippen MR) is 98.1 cm³/mol. The Morgan fingerprint density at radius 2 is 1.84 bits per heavy atom. The SMILES string of the molecule is CC(=O)Nc1ccc(/C=C/c2ccc3c([N+](=O)[O-])cccc3n2)cc1. The molecule has 25 heavy (non-hydrogen) atoms. The van der Waals surface area contributed by atoms with Gasteiger partial charge in [0.15, 0.2) is 0 Å². The monoisotopic (exact) mass is 333 g/mol. The average molecular weight is 333 g/mol. The highest BCUT2D eigenvalue weighted by Crippen LogP contribution is 2.24. The second kappa shape index (κ2) is 6.92. The smallest absolute Gasteiger partial charge is 0.278 e. The third-order valence-electron chi connectivity index (χ3n) is 3.60.